The molecule has 8 heteroatoms. The Morgan fingerprint density at radius 3 is 2.61 bits per heavy atom. The highest BCUT2D eigenvalue weighted by Crippen LogP contribution is 2.29. The molecule has 28 heavy (non-hydrogen) atoms. The molecule has 1 aliphatic rings. The molecule has 1 amide bonds. The first-order valence-corrected chi connectivity index (χ1v) is 11.3. The Bertz CT molecular complexity index is 961. The van der Waals surface area contributed by atoms with E-state index in [1.165, 1.54) is 4.31 Å². The molecule has 1 aliphatic heterocycles. The number of benzene rings is 2. The van der Waals surface area contributed by atoms with Crippen LogP contribution in [-0.2, 0) is 14.8 Å². The fourth-order valence-corrected chi connectivity index (χ4v) is 5.07. The molecule has 0 aliphatic carbocycles. The van der Waals surface area contributed by atoms with Crippen LogP contribution in [0.1, 0.15) is 18.4 Å². The Balaban J connectivity index is 1.75. The standard InChI is InChI=1S/C20H23BrN2O4S/c1-14-5-10-19(27-2)18(12-14)22-20(24)15-4-3-11-23(13-15)28(25,26)17-8-6-16(21)7-9-17/h5-10,12,15H,3-4,11,13H2,1-2H3,(H,22,24). The second kappa shape index (κ2) is 8.63. The van der Waals surface area contributed by atoms with Crippen molar-refractivity contribution in [2.45, 2.75) is 24.7 Å². The molecule has 1 atom stereocenters. The second-order valence-corrected chi connectivity index (χ2v) is 9.70. The van der Waals surface area contributed by atoms with Crippen LogP contribution in [0.15, 0.2) is 51.8 Å². The van der Waals surface area contributed by atoms with Crippen molar-refractivity contribution in [3.8, 4) is 5.75 Å². The number of anilines is 1. The summed E-state index contributed by atoms with van der Waals surface area (Å²) in [6, 6.07) is 12.1. The largest absolute Gasteiger partial charge is 0.495 e. The molecule has 6 nitrogen and oxygen atoms in total. The van der Waals surface area contributed by atoms with Crippen molar-refractivity contribution in [1.82, 2.24) is 4.31 Å². The van der Waals surface area contributed by atoms with Gasteiger partial charge in [-0.1, -0.05) is 22.0 Å². The Hall–Kier alpha value is -1.90. The van der Waals surface area contributed by atoms with Gasteiger partial charge in [0.1, 0.15) is 5.75 Å². The van der Waals surface area contributed by atoms with Crippen LogP contribution < -0.4 is 10.1 Å². The third-order valence-corrected chi connectivity index (χ3v) is 7.23. The highest BCUT2D eigenvalue weighted by Gasteiger charge is 2.33. The molecule has 0 saturated carbocycles. The first-order valence-electron chi connectivity index (χ1n) is 9.02. The summed E-state index contributed by atoms with van der Waals surface area (Å²) in [5.41, 5.74) is 1.60. The molecule has 1 saturated heterocycles. The molecule has 150 valence electrons. The maximum atomic E-state index is 12.9. The topological polar surface area (TPSA) is 75.7 Å². The number of aryl methyl sites for hydroxylation is 1. The van der Waals surface area contributed by atoms with Gasteiger partial charge in [-0.15, -0.1) is 0 Å². The fourth-order valence-electron chi connectivity index (χ4n) is 3.28. The van der Waals surface area contributed by atoms with E-state index >= 15 is 0 Å². The van der Waals surface area contributed by atoms with Gasteiger partial charge in [0.15, 0.2) is 0 Å². The van der Waals surface area contributed by atoms with Gasteiger partial charge in [0, 0.05) is 17.6 Å². The van der Waals surface area contributed by atoms with Gasteiger partial charge in [-0.05, 0) is 61.7 Å². The Morgan fingerprint density at radius 2 is 1.93 bits per heavy atom. The molecule has 0 bridgehead atoms. The van der Waals surface area contributed by atoms with E-state index in [-0.39, 0.29) is 17.3 Å². The summed E-state index contributed by atoms with van der Waals surface area (Å²) in [5.74, 6) is -0.0297. The lowest BCUT2D eigenvalue weighted by atomic mass is 9.98. The van der Waals surface area contributed by atoms with Crippen LogP contribution in [-0.4, -0.2) is 38.8 Å². The van der Waals surface area contributed by atoms with Gasteiger partial charge in [0.2, 0.25) is 15.9 Å². The first-order chi connectivity index (χ1) is 13.3. The SMILES string of the molecule is COc1ccc(C)cc1NC(=O)C1CCCN(S(=O)(=O)c2ccc(Br)cc2)C1. The Kier molecular flexibility index (Phi) is 6.42. The number of hydrogen-bond acceptors (Lipinski definition) is 4. The van der Waals surface area contributed by atoms with Crippen molar-refractivity contribution < 1.29 is 17.9 Å². The zero-order chi connectivity index (χ0) is 20.3. The average molecular weight is 467 g/mol. The van der Waals surface area contributed by atoms with E-state index in [0.717, 1.165) is 10.0 Å². The number of nitrogens with one attached hydrogen (secondary N) is 1. The first kappa shape index (κ1) is 20.8. The molecule has 0 aromatic heterocycles. The van der Waals surface area contributed by atoms with Crippen LogP contribution in [0.4, 0.5) is 5.69 Å². The van der Waals surface area contributed by atoms with Gasteiger partial charge in [0.05, 0.1) is 23.6 Å². The Labute approximate surface area is 174 Å². The van der Waals surface area contributed by atoms with E-state index in [1.807, 2.05) is 19.1 Å². The van der Waals surface area contributed by atoms with Crippen LogP contribution in [0.2, 0.25) is 0 Å². The van der Waals surface area contributed by atoms with E-state index < -0.39 is 15.9 Å². The van der Waals surface area contributed by atoms with Gasteiger partial charge in [-0.25, -0.2) is 8.42 Å². The van der Waals surface area contributed by atoms with Crippen molar-refractivity contribution in [3.05, 3.63) is 52.5 Å². The molecule has 0 radical (unpaired) electrons. The molecular formula is C20H23BrN2O4S. The maximum absolute atomic E-state index is 12.9. The van der Waals surface area contributed by atoms with Gasteiger partial charge in [-0.2, -0.15) is 4.31 Å². The number of methoxy groups -OCH3 is 1. The number of ether oxygens (including phenoxy) is 1. The van der Waals surface area contributed by atoms with E-state index in [2.05, 4.69) is 21.2 Å². The third-order valence-electron chi connectivity index (χ3n) is 4.82. The van der Waals surface area contributed by atoms with Crippen molar-refractivity contribution in [2.75, 3.05) is 25.5 Å². The van der Waals surface area contributed by atoms with Gasteiger partial charge < -0.3 is 10.1 Å². The summed E-state index contributed by atoms with van der Waals surface area (Å²) in [7, 11) is -2.08. The van der Waals surface area contributed by atoms with E-state index in [1.54, 1.807) is 37.4 Å². The minimum atomic E-state index is -3.63. The van der Waals surface area contributed by atoms with E-state index in [0.29, 0.717) is 30.8 Å². The van der Waals surface area contributed by atoms with Crippen LogP contribution in [0, 0.1) is 12.8 Å². The van der Waals surface area contributed by atoms with Crippen molar-refractivity contribution >= 4 is 37.5 Å². The predicted molar refractivity (Wildman–Crippen MR) is 112 cm³/mol. The molecule has 0 spiro atoms. The molecule has 2 aromatic rings. The summed E-state index contributed by atoms with van der Waals surface area (Å²) in [6.07, 6.45) is 1.28. The summed E-state index contributed by atoms with van der Waals surface area (Å²) >= 11 is 3.31. The molecule has 3 rings (SSSR count). The zero-order valence-electron chi connectivity index (χ0n) is 15.8. The summed E-state index contributed by atoms with van der Waals surface area (Å²) < 4.78 is 33.4. The summed E-state index contributed by atoms with van der Waals surface area (Å²) in [6.45, 7) is 2.51. The molecule has 1 N–H and O–H groups in total. The van der Waals surface area contributed by atoms with Crippen LogP contribution >= 0.6 is 15.9 Å². The van der Waals surface area contributed by atoms with Crippen molar-refractivity contribution in [1.29, 1.82) is 0 Å². The lowest BCUT2D eigenvalue weighted by molar-refractivity contribution is -0.120. The molecular weight excluding hydrogens is 444 g/mol. The van der Waals surface area contributed by atoms with Crippen LogP contribution in [0.25, 0.3) is 0 Å². The van der Waals surface area contributed by atoms with Crippen LogP contribution in [0.5, 0.6) is 5.75 Å². The van der Waals surface area contributed by atoms with Gasteiger partial charge in [0.25, 0.3) is 0 Å². The lowest BCUT2D eigenvalue weighted by Crippen LogP contribution is -2.43. The monoisotopic (exact) mass is 466 g/mol. The molecule has 1 heterocycles. The zero-order valence-corrected chi connectivity index (χ0v) is 18.2. The highest BCUT2D eigenvalue weighted by molar-refractivity contribution is 9.10. The van der Waals surface area contributed by atoms with Crippen molar-refractivity contribution in [2.24, 2.45) is 5.92 Å². The number of sulfonamides is 1. The number of hydrogen-bond donors (Lipinski definition) is 1. The number of carbonyl (C=O) groups excluding carboxylic acids is 1. The predicted octanol–water partition coefficient (Wildman–Crippen LogP) is 3.81. The number of piperidine rings is 1. The quantitative estimate of drug-likeness (QED) is 0.726. The minimum Gasteiger partial charge on any atom is -0.495 e. The van der Waals surface area contributed by atoms with E-state index in [9.17, 15) is 13.2 Å². The molecule has 1 fully saturated rings. The van der Waals surface area contributed by atoms with Gasteiger partial charge in [-0.3, -0.25) is 4.79 Å². The third kappa shape index (κ3) is 4.56. The molecule has 2 aromatic carbocycles. The number of rotatable bonds is 5. The maximum Gasteiger partial charge on any atom is 0.243 e. The van der Waals surface area contributed by atoms with E-state index in [4.69, 9.17) is 4.74 Å². The number of nitrogens with zero attached hydrogens (tertiary/aromatic N) is 1. The van der Waals surface area contributed by atoms with Crippen molar-refractivity contribution in [3.63, 3.8) is 0 Å². The normalized spacial score (nSPS) is 17.9. The minimum absolute atomic E-state index is 0.165. The lowest BCUT2D eigenvalue weighted by Gasteiger charge is -2.31. The fraction of sp³-hybridized carbons (Fsp3) is 0.350. The summed E-state index contributed by atoms with van der Waals surface area (Å²) in [4.78, 5) is 13.0. The average Bonchev–Trinajstić information content (AvgIpc) is 2.68. The highest BCUT2D eigenvalue weighted by atomic mass is 79.9. The van der Waals surface area contributed by atoms with Crippen LogP contribution in [0.3, 0.4) is 0 Å². The second-order valence-electron chi connectivity index (χ2n) is 6.85. The molecule has 1 unspecified atom stereocenters. The number of carbonyl (C=O) groups is 1. The van der Waals surface area contributed by atoms with Gasteiger partial charge >= 0.3 is 0 Å². The smallest absolute Gasteiger partial charge is 0.243 e. The summed E-state index contributed by atoms with van der Waals surface area (Å²) in [5, 5.41) is 2.90. The Morgan fingerprint density at radius 1 is 1.21 bits per heavy atom. The number of halogens is 1. The number of amides is 1.